The van der Waals surface area contributed by atoms with Gasteiger partial charge in [0.25, 0.3) is 0 Å². The van der Waals surface area contributed by atoms with E-state index >= 15 is 0 Å². The standard InChI is InChI=1S/C18H24BrNS/c1-4-10-20-18(12-16-9-8-15(5-2)21-16)14-7-6-13(3)17(19)11-14/h6-9,11,18,20H,4-5,10,12H2,1-3H3. The van der Waals surface area contributed by atoms with Crippen molar-refractivity contribution in [3.63, 3.8) is 0 Å². The first-order valence-corrected chi connectivity index (χ1v) is 9.32. The Morgan fingerprint density at radius 3 is 2.52 bits per heavy atom. The lowest BCUT2D eigenvalue weighted by molar-refractivity contribution is 0.532. The SMILES string of the molecule is CCCNC(Cc1ccc(CC)s1)c1ccc(C)c(Br)c1. The zero-order valence-electron chi connectivity index (χ0n) is 13.1. The van der Waals surface area contributed by atoms with Gasteiger partial charge in [0.15, 0.2) is 0 Å². The number of hydrogen-bond acceptors (Lipinski definition) is 2. The second-order valence-electron chi connectivity index (χ2n) is 5.44. The fourth-order valence-corrected chi connectivity index (χ4v) is 3.78. The van der Waals surface area contributed by atoms with Crippen molar-refractivity contribution in [3.05, 3.63) is 55.7 Å². The van der Waals surface area contributed by atoms with Crippen molar-refractivity contribution in [2.24, 2.45) is 0 Å². The molecular formula is C18H24BrNS. The van der Waals surface area contributed by atoms with Crippen LogP contribution in [0, 0.1) is 6.92 Å². The van der Waals surface area contributed by atoms with Crippen LogP contribution in [-0.4, -0.2) is 6.54 Å². The predicted octanol–water partition coefficient (Wildman–Crippen LogP) is 5.66. The Morgan fingerprint density at radius 1 is 1.14 bits per heavy atom. The molecule has 0 aliphatic carbocycles. The molecular weight excluding hydrogens is 342 g/mol. The Balaban J connectivity index is 2.18. The summed E-state index contributed by atoms with van der Waals surface area (Å²) in [4.78, 5) is 2.95. The van der Waals surface area contributed by atoms with Gasteiger partial charge in [0, 0.05) is 26.7 Å². The summed E-state index contributed by atoms with van der Waals surface area (Å²) < 4.78 is 1.20. The minimum atomic E-state index is 0.394. The van der Waals surface area contributed by atoms with Crippen LogP contribution in [0.3, 0.4) is 0 Å². The average Bonchev–Trinajstić information content (AvgIpc) is 2.94. The predicted molar refractivity (Wildman–Crippen MR) is 97.3 cm³/mol. The molecule has 1 nitrogen and oxygen atoms in total. The first kappa shape index (κ1) is 16.7. The third-order valence-electron chi connectivity index (χ3n) is 3.71. The fourth-order valence-electron chi connectivity index (χ4n) is 2.38. The van der Waals surface area contributed by atoms with Gasteiger partial charge in [0.05, 0.1) is 0 Å². The summed E-state index contributed by atoms with van der Waals surface area (Å²) in [5.74, 6) is 0. The first-order valence-electron chi connectivity index (χ1n) is 7.71. The molecule has 1 aromatic carbocycles. The van der Waals surface area contributed by atoms with Gasteiger partial charge in [-0.2, -0.15) is 0 Å². The average molecular weight is 366 g/mol. The number of rotatable bonds is 7. The van der Waals surface area contributed by atoms with Gasteiger partial charge in [0.2, 0.25) is 0 Å². The molecule has 2 rings (SSSR count). The summed E-state index contributed by atoms with van der Waals surface area (Å²) in [5, 5.41) is 3.69. The molecule has 1 aromatic heterocycles. The molecule has 0 amide bonds. The van der Waals surface area contributed by atoms with Gasteiger partial charge >= 0.3 is 0 Å². The molecule has 0 bridgehead atoms. The van der Waals surface area contributed by atoms with E-state index in [-0.39, 0.29) is 0 Å². The van der Waals surface area contributed by atoms with E-state index in [0.29, 0.717) is 6.04 Å². The van der Waals surface area contributed by atoms with E-state index in [4.69, 9.17) is 0 Å². The Morgan fingerprint density at radius 2 is 1.90 bits per heavy atom. The maximum absolute atomic E-state index is 3.69. The van der Waals surface area contributed by atoms with Crippen LogP contribution < -0.4 is 5.32 Å². The van der Waals surface area contributed by atoms with Crippen molar-refractivity contribution in [1.82, 2.24) is 5.32 Å². The van der Waals surface area contributed by atoms with Crippen LogP contribution in [0.5, 0.6) is 0 Å². The molecule has 2 aromatic rings. The molecule has 0 saturated heterocycles. The first-order chi connectivity index (χ1) is 10.1. The van der Waals surface area contributed by atoms with Crippen molar-refractivity contribution in [2.45, 2.75) is 46.1 Å². The Kier molecular flexibility index (Phi) is 6.46. The summed E-state index contributed by atoms with van der Waals surface area (Å²) in [6.07, 6.45) is 3.36. The molecule has 0 saturated carbocycles. The lowest BCUT2D eigenvalue weighted by Gasteiger charge is -2.19. The molecule has 114 valence electrons. The van der Waals surface area contributed by atoms with Crippen molar-refractivity contribution in [1.29, 1.82) is 0 Å². The number of benzene rings is 1. The monoisotopic (exact) mass is 365 g/mol. The van der Waals surface area contributed by atoms with Gasteiger partial charge in [-0.3, -0.25) is 0 Å². The van der Waals surface area contributed by atoms with Gasteiger partial charge < -0.3 is 5.32 Å². The largest absolute Gasteiger partial charge is 0.310 e. The number of nitrogens with one attached hydrogen (secondary N) is 1. The van der Waals surface area contributed by atoms with Gasteiger partial charge in [-0.1, -0.05) is 41.9 Å². The highest BCUT2D eigenvalue weighted by Gasteiger charge is 2.14. The quantitative estimate of drug-likeness (QED) is 0.666. The molecule has 1 atom stereocenters. The van der Waals surface area contributed by atoms with Crippen LogP contribution in [0.15, 0.2) is 34.8 Å². The minimum absolute atomic E-state index is 0.394. The fraction of sp³-hybridized carbons (Fsp3) is 0.444. The Labute approximate surface area is 140 Å². The van der Waals surface area contributed by atoms with Crippen LogP contribution in [0.4, 0.5) is 0 Å². The normalized spacial score (nSPS) is 12.6. The molecule has 0 radical (unpaired) electrons. The molecule has 0 spiro atoms. The summed E-state index contributed by atoms with van der Waals surface area (Å²) in [7, 11) is 0. The second-order valence-corrected chi connectivity index (χ2v) is 7.55. The van der Waals surface area contributed by atoms with Gasteiger partial charge in [-0.05, 0) is 55.6 Å². The molecule has 0 aliphatic heterocycles. The minimum Gasteiger partial charge on any atom is -0.310 e. The van der Waals surface area contributed by atoms with Crippen LogP contribution in [0.2, 0.25) is 0 Å². The zero-order chi connectivity index (χ0) is 15.2. The number of aryl methyl sites for hydroxylation is 2. The molecule has 1 N–H and O–H groups in total. The smallest absolute Gasteiger partial charge is 0.0369 e. The van der Waals surface area contributed by atoms with Gasteiger partial charge in [0.1, 0.15) is 0 Å². The summed E-state index contributed by atoms with van der Waals surface area (Å²) >= 11 is 5.60. The highest BCUT2D eigenvalue weighted by Crippen LogP contribution is 2.27. The Bertz CT molecular complexity index is 576. The lowest BCUT2D eigenvalue weighted by atomic mass is 10.0. The second kappa shape index (κ2) is 8.11. The number of hydrogen-bond donors (Lipinski definition) is 1. The van der Waals surface area contributed by atoms with Gasteiger partial charge in [-0.15, -0.1) is 11.3 Å². The lowest BCUT2D eigenvalue weighted by Crippen LogP contribution is -2.23. The van der Waals surface area contributed by atoms with Crippen molar-refractivity contribution in [2.75, 3.05) is 6.54 Å². The topological polar surface area (TPSA) is 12.0 Å². The van der Waals surface area contributed by atoms with E-state index in [1.165, 1.54) is 25.4 Å². The van der Waals surface area contributed by atoms with E-state index in [2.05, 4.69) is 72.3 Å². The summed E-state index contributed by atoms with van der Waals surface area (Å²) in [6.45, 7) is 7.63. The van der Waals surface area contributed by atoms with E-state index in [1.54, 1.807) is 0 Å². The molecule has 0 fully saturated rings. The molecule has 3 heteroatoms. The number of halogens is 1. The maximum Gasteiger partial charge on any atom is 0.0369 e. The summed E-state index contributed by atoms with van der Waals surface area (Å²) in [6, 6.07) is 11.7. The van der Waals surface area contributed by atoms with E-state index < -0.39 is 0 Å². The highest BCUT2D eigenvalue weighted by molar-refractivity contribution is 9.10. The van der Waals surface area contributed by atoms with Crippen molar-refractivity contribution >= 4 is 27.3 Å². The van der Waals surface area contributed by atoms with Gasteiger partial charge in [-0.25, -0.2) is 0 Å². The third-order valence-corrected chi connectivity index (χ3v) is 5.82. The van der Waals surface area contributed by atoms with E-state index in [0.717, 1.165) is 25.8 Å². The maximum atomic E-state index is 3.69. The molecule has 1 unspecified atom stereocenters. The van der Waals surface area contributed by atoms with E-state index in [9.17, 15) is 0 Å². The Hall–Kier alpha value is -0.640. The van der Waals surface area contributed by atoms with Crippen LogP contribution in [0.25, 0.3) is 0 Å². The van der Waals surface area contributed by atoms with Crippen LogP contribution in [0.1, 0.15) is 47.2 Å². The van der Waals surface area contributed by atoms with Crippen LogP contribution in [-0.2, 0) is 12.8 Å². The molecule has 1 heterocycles. The summed E-state index contributed by atoms with van der Waals surface area (Å²) in [5.41, 5.74) is 2.66. The highest BCUT2D eigenvalue weighted by atomic mass is 79.9. The van der Waals surface area contributed by atoms with Crippen molar-refractivity contribution < 1.29 is 0 Å². The van der Waals surface area contributed by atoms with E-state index in [1.807, 2.05) is 11.3 Å². The van der Waals surface area contributed by atoms with Crippen molar-refractivity contribution in [3.8, 4) is 0 Å². The number of thiophene rings is 1. The van der Waals surface area contributed by atoms with Crippen LogP contribution >= 0.6 is 27.3 Å². The molecule has 21 heavy (non-hydrogen) atoms. The third kappa shape index (κ3) is 4.67. The molecule has 0 aliphatic rings. The zero-order valence-corrected chi connectivity index (χ0v) is 15.5.